The third kappa shape index (κ3) is 4.18. The van der Waals surface area contributed by atoms with Gasteiger partial charge >= 0.3 is 5.97 Å². The molecule has 2 N–H and O–H groups in total. The number of nitrogens with one attached hydrogen (secondary N) is 1. The maximum absolute atomic E-state index is 13.0. The zero-order chi connectivity index (χ0) is 17.9. The molecular formula is C17H20FN3O3. The van der Waals surface area contributed by atoms with Crippen LogP contribution in [0.15, 0.2) is 30.3 Å². The quantitative estimate of drug-likeness (QED) is 0.851. The molecule has 6 nitrogen and oxygen atoms in total. The van der Waals surface area contributed by atoms with Gasteiger partial charge in [-0.25, -0.2) is 4.39 Å². The van der Waals surface area contributed by atoms with Crippen LogP contribution < -0.4 is 5.32 Å². The van der Waals surface area contributed by atoms with Gasteiger partial charge in [0.05, 0.1) is 12.5 Å². The first-order valence-corrected chi connectivity index (χ1v) is 7.60. The van der Waals surface area contributed by atoms with E-state index in [4.69, 9.17) is 5.11 Å². The molecule has 2 aromatic rings. The molecule has 0 aliphatic rings. The highest BCUT2D eigenvalue weighted by Gasteiger charge is 2.21. The fourth-order valence-electron chi connectivity index (χ4n) is 2.49. The number of hydrogen-bond donors (Lipinski definition) is 2. The number of halogens is 1. The molecule has 24 heavy (non-hydrogen) atoms. The summed E-state index contributed by atoms with van der Waals surface area (Å²) in [5.74, 6) is -1.75. The van der Waals surface area contributed by atoms with Gasteiger partial charge in [-0.1, -0.05) is 26.0 Å². The van der Waals surface area contributed by atoms with Crippen LogP contribution in [0.3, 0.4) is 0 Å². The molecule has 0 saturated heterocycles. The van der Waals surface area contributed by atoms with Crippen molar-refractivity contribution in [3.05, 3.63) is 53.1 Å². The molecule has 0 aliphatic heterocycles. The number of aryl methyl sites for hydroxylation is 1. The van der Waals surface area contributed by atoms with Crippen LogP contribution in [0.4, 0.5) is 4.39 Å². The molecule has 1 heterocycles. The number of amides is 1. The van der Waals surface area contributed by atoms with Crippen molar-refractivity contribution in [2.75, 3.05) is 0 Å². The van der Waals surface area contributed by atoms with E-state index in [1.807, 2.05) is 13.8 Å². The SMILES string of the molecule is CC(C)c1cc(C(=O)N[C@@H](CC(=O)O)c2ccc(F)cc2)nn1C. The van der Waals surface area contributed by atoms with Gasteiger partial charge in [0.15, 0.2) is 0 Å². The molecule has 1 atom stereocenters. The summed E-state index contributed by atoms with van der Waals surface area (Å²) in [5, 5.41) is 15.9. The van der Waals surface area contributed by atoms with Gasteiger partial charge in [-0.15, -0.1) is 0 Å². The largest absolute Gasteiger partial charge is 0.481 e. The molecule has 1 aromatic carbocycles. The fourth-order valence-corrected chi connectivity index (χ4v) is 2.49. The Labute approximate surface area is 139 Å². The normalized spacial score (nSPS) is 12.2. The summed E-state index contributed by atoms with van der Waals surface area (Å²) in [6.07, 6.45) is -0.304. The van der Waals surface area contributed by atoms with Crippen molar-refractivity contribution in [1.29, 1.82) is 0 Å². The number of carboxylic acid groups (broad SMARTS) is 1. The Morgan fingerprint density at radius 2 is 1.92 bits per heavy atom. The van der Waals surface area contributed by atoms with Crippen molar-refractivity contribution in [2.24, 2.45) is 7.05 Å². The minimum absolute atomic E-state index is 0.205. The molecule has 0 spiro atoms. The Kier molecular flexibility index (Phi) is 5.33. The lowest BCUT2D eigenvalue weighted by atomic mass is 10.0. The average molecular weight is 333 g/mol. The smallest absolute Gasteiger partial charge is 0.305 e. The van der Waals surface area contributed by atoms with Crippen molar-refractivity contribution in [2.45, 2.75) is 32.2 Å². The lowest BCUT2D eigenvalue weighted by Crippen LogP contribution is -2.30. The summed E-state index contributed by atoms with van der Waals surface area (Å²) < 4.78 is 14.7. The first-order valence-electron chi connectivity index (χ1n) is 7.60. The molecule has 0 bridgehead atoms. The van der Waals surface area contributed by atoms with Gasteiger partial charge in [-0.2, -0.15) is 5.10 Å². The van der Waals surface area contributed by atoms with Crippen molar-refractivity contribution in [1.82, 2.24) is 15.1 Å². The third-order valence-electron chi connectivity index (χ3n) is 3.70. The van der Waals surface area contributed by atoms with E-state index in [-0.39, 0.29) is 18.0 Å². The number of aromatic nitrogens is 2. The maximum Gasteiger partial charge on any atom is 0.305 e. The summed E-state index contributed by atoms with van der Waals surface area (Å²) in [7, 11) is 1.75. The van der Waals surface area contributed by atoms with Crippen molar-refractivity contribution in [3.8, 4) is 0 Å². The first-order chi connectivity index (χ1) is 11.3. The average Bonchev–Trinajstić information content (AvgIpc) is 2.89. The minimum atomic E-state index is -1.06. The Balaban J connectivity index is 2.22. The molecular weight excluding hydrogens is 313 g/mol. The summed E-state index contributed by atoms with van der Waals surface area (Å²) in [6.45, 7) is 3.98. The van der Waals surface area contributed by atoms with Gasteiger partial charge in [0.25, 0.3) is 5.91 Å². The lowest BCUT2D eigenvalue weighted by Gasteiger charge is -2.16. The van der Waals surface area contributed by atoms with Crippen molar-refractivity contribution < 1.29 is 19.1 Å². The number of carbonyl (C=O) groups is 2. The van der Waals surface area contributed by atoms with E-state index in [0.29, 0.717) is 5.56 Å². The monoisotopic (exact) mass is 333 g/mol. The molecule has 128 valence electrons. The topological polar surface area (TPSA) is 84.2 Å². The number of hydrogen-bond acceptors (Lipinski definition) is 3. The van der Waals surface area contributed by atoms with Crippen LogP contribution in [0.25, 0.3) is 0 Å². The van der Waals surface area contributed by atoms with Crippen molar-refractivity contribution in [3.63, 3.8) is 0 Å². The Morgan fingerprint density at radius 1 is 1.29 bits per heavy atom. The Hall–Kier alpha value is -2.70. The molecule has 1 aromatic heterocycles. The number of rotatable bonds is 6. The van der Waals surface area contributed by atoms with Crippen LogP contribution in [-0.4, -0.2) is 26.8 Å². The number of benzene rings is 1. The van der Waals surface area contributed by atoms with E-state index in [1.54, 1.807) is 17.8 Å². The van der Waals surface area contributed by atoms with E-state index >= 15 is 0 Å². The van der Waals surface area contributed by atoms with Gasteiger partial charge in [-0.05, 0) is 29.7 Å². The number of aliphatic carboxylic acids is 1. The highest BCUT2D eigenvalue weighted by molar-refractivity contribution is 5.93. The molecule has 0 saturated carbocycles. The van der Waals surface area contributed by atoms with E-state index < -0.39 is 23.7 Å². The molecule has 2 rings (SSSR count). The zero-order valence-corrected chi connectivity index (χ0v) is 13.8. The molecule has 7 heteroatoms. The number of nitrogens with zero attached hydrogens (tertiary/aromatic N) is 2. The predicted molar refractivity (Wildman–Crippen MR) is 86.2 cm³/mol. The summed E-state index contributed by atoms with van der Waals surface area (Å²) in [4.78, 5) is 23.5. The number of carboxylic acids is 1. The van der Waals surface area contributed by atoms with Crippen LogP contribution in [-0.2, 0) is 11.8 Å². The molecule has 0 unspecified atom stereocenters. The summed E-state index contributed by atoms with van der Waals surface area (Å²) in [5.41, 5.74) is 1.64. The van der Waals surface area contributed by atoms with E-state index in [1.165, 1.54) is 24.3 Å². The zero-order valence-electron chi connectivity index (χ0n) is 13.8. The Bertz CT molecular complexity index is 738. The summed E-state index contributed by atoms with van der Waals surface area (Å²) in [6, 6.07) is 6.30. The fraction of sp³-hybridized carbons (Fsp3) is 0.353. The van der Waals surface area contributed by atoms with Crippen LogP contribution in [0.2, 0.25) is 0 Å². The second-order valence-electron chi connectivity index (χ2n) is 5.91. The third-order valence-corrected chi connectivity index (χ3v) is 3.70. The standard InChI is InChI=1S/C17H20FN3O3/c1-10(2)15-8-14(20-21(15)3)17(24)19-13(9-16(22)23)11-4-6-12(18)7-5-11/h4-8,10,13H,9H2,1-3H3,(H,19,24)(H,22,23)/t13-/m0/s1. The van der Waals surface area contributed by atoms with Crippen LogP contribution in [0.1, 0.15) is 54.0 Å². The molecule has 1 amide bonds. The maximum atomic E-state index is 13.0. The highest BCUT2D eigenvalue weighted by atomic mass is 19.1. The highest BCUT2D eigenvalue weighted by Crippen LogP contribution is 2.19. The minimum Gasteiger partial charge on any atom is -0.481 e. The van der Waals surface area contributed by atoms with E-state index in [0.717, 1.165) is 5.69 Å². The lowest BCUT2D eigenvalue weighted by molar-refractivity contribution is -0.137. The number of carbonyl (C=O) groups excluding carboxylic acids is 1. The van der Waals surface area contributed by atoms with E-state index in [2.05, 4.69) is 10.4 Å². The van der Waals surface area contributed by atoms with Crippen LogP contribution >= 0.6 is 0 Å². The predicted octanol–water partition coefficient (Wildman–Crippen LogP) is 2.63. The van der Waals surface area contributed by atoms with Gasteiger partial charge in [-0.3, -0.25) is 14.3 Å². The Morgan fingerprint density at radius 3 is 2.42 bits per heavy atom. The summed E-state index contributed by atoms with van der Waals surface area (Å²) >= 11 is 0. The van der Waals surface area contributed by atoms with Gasteiger partial charge in [0, 0.05) is 12.7 Å². The van der Waals surface area contributed by atoms with E-state index in [9.17, 15) is 14.0 Å². The first kappa shape index (κ1) is 17.7. The second-order valence-corrected chi connectivity index (χ2v) is 5.91. The van der Waals surface area contributed by atoms with Crippen LogP contribution in [0, 0.1) is 5.82 Å². The van der Waals surface area contributed by atoms with Gasteiger partial charge in [0.2, 0.25) is 0 Å². The van der Waals surface area contributed by atoms with Gasteiger partial charge in [0.1, 0.15) is 11.5 Å². The second kappa shape index (κ2) is 7.25. The van der Waals surface area contributed by atoms with Crippen LogP contribution in [0.5, 0.6) is 0 Å². The van der Waals surface area contributed by atoms with Crippen molar-refractivity contribution >= 4 is 11.9 Å². The molecule has 0 radical (unpaired) electrons. The molecule has 0 aliphatic carbocycles. The van der Waals surface area contributed by atoms with Gasteiger partial charge < -0.3 is 10.4 Å². The molecule has 0 fully saturated rings.